The lowest BCUT2D eigenvalue weighted by Gasteiger charge is -2.37. The fraction of sp³-hybridized carbons (Fsp3) is 0.632. The molecule has 2 aliphatic rings. The summed E-state index contributed by atoms with van der Waals surface area (Å²) in [6.45, 7) is 1.64. The molecule has 0 saturated carbocycles. The Bertz CT molecular complexity index is 666. The summed E-state index contributed by atoms with van der Waals surface area (Å²) in [5.41, 5.74) is 5.23. The van der Waals surface area contributed by atoms with E-state index in [2.05, 4.69) is 16.7 Å². The van der Waals surface area contributed by atoms with Crippen LogP contribution in [0.1, 0.15) is 38.2 Å². The second-order valence-electron chi connectivity index (χ2n) is 7.66. The van der Waals surface area contributed by atoms with Crippen LogP contribution in [0.2, 0.25) is 0 Å². The van der Waals surface area contributed by atoms with Gasteiger partial charge in [0.2, 0.25) is 0 Å². The molecule has 0 amide bonds. The molecular formula is C19H25F3N2O3. The first kappa shape index (κ1) is 19.9. The van der Waals surface area contributed by atoms with E-state index in [4.69, 9.17) is 10.5 Å². The van der Waals surface area contributed by atoms with Crippen molar-refractivity contribution in [2.24, 2.45) is 5.73 Å². The zero-order chi connectivity index (χ0) is 19.8. The van der Waals surface area contributed by atoms with Crippen molar-refractivity contribution in [3.63, 3.8) is 0 Å². The summed E-state index contributed by atoms with van der Waals surface area (Å²) >= 11 is 0. The van der Waals surface area contributed by atoms with Gasteiger partial charge < -0.3 is 20.1 Å². The second kappa shape index (κ2) is 7.31. The van der Waals surface area contributed by atoms with Gasteiger partial charge in [-0.25, -0.2) is 0 Å². The summed E-state index contributed by atoms with van der Waals surface area (Å²) in [6.07, 6.45) is -1.07. The first-order valence-corrected chi connectivity index (χ1v) is 9.12. The second-order valence-corrected chi connectivity index (χ2v) is 7.66. The number of benzene rings is 1. The van der Waals surface area contributed by atoms with E-state index in [9.17, 15) is 18.0 Å². The molecular weight excluding hydrogens is 361 g/mol. The molecule has 1 aromatic rings. The summed E-state index contributed by atoms with van der Waals surface area (Å²) in [7, 11) is 2.11. The number of piperidine rings is 1. The number of nitrogens with two attached hydrogens (primary N) is 1. The average Bonchev–Trinajstić information content (AvgIpc) is 2.81. The van der Waals surface area contributed by atoms with Crippen molar-refractivity contribution in [2.45, 2.75) is 62.6 Å². The molecule has 1 aromatic carbocycles. The van der Waals surface area contributed by atoms with Crippen molar-refractivity contribution >= 4 is 5.97 Å². The third-order valence-corrected chi connectivity index (χ3v) is 5.91. The van der Waals surface area contributed by atoms with Crippen molar-refractivity contribution in [1.29, 1.82) is 0 Å². The summed E-state index contributed by atoms with van der Waals surface area (Å²) in [4.78, 5) is 15.2. The van der Waals surface area contributed by atoms with Gasteiger partial charge in [0, 0.05) is 18.6 Å². The highest BCUT2D eigenvalue weighted by molar-refractivity contribution is 5.83. The topological polar surface area (TPSA) is 64.8 Å². The van der Waals surface area contributed by atoms with Gasteiger partial charge in [-0.15, -0.1) is 13.2 Å². The van der Waals surface area contributed by atoms with Gasteiger partial charge in [0.25, 0.3) is 0 Å². The number of hydrogen-bond donors (Lipinski definition) is 1. The van der Waals surface area contributed by atoms with Crippen LogP contribution in [0.3, 0.4) is 0 Å². The lowest BCUT2D eigenvalue weighted by molar-refractivity contribution is -0.274. The normalized spacial score (nSPS) is 27.9. The molecule has 3 atom stereocenters. The first-order chi connectivity index (χ1) is 12.6. The van der Waals surface area contributed by atoms with Crippen LogP contribution in [-0.4, -0.2) is 49.0 Å². The maximum absolute atomic E-state index is 12.9. The molecule has 0 aliphatic carbocycles. The largest absolute Gasteiger partial charge is 0.573 e. The minimum Gasteiger partial charge on any atom is -0.462 e. The molecule has 2 heterocycles. The van der Waals surface area contributed by atoms with Crippen LogP contribution in [-0.2, 0) is 14.9 Å². The number of halogens is 3. The summed E-state index contributed by atoms with van der Waals surface area (Å²) < 4.78 is 46.6. The molecule has 2 N–H and O–H groups in total. The van der Waals surface area contributed by atoms with Crippen LogP contribution in [0.5, 0.6) is 5.75 Å². The van der Waals surface area contributed by atoms with E-state index in [1.807, 2.05) is 0 Å². The van der Waals surface area contributed by atoms with Gasteiger partial charge in [-0.05, 0) is 57.4 Å². The first-order valence-electron chi connectivity index (χ1n) is 9.12. The molecule has 2 bridgehead atoms. The Morgan fingerprint density at radius 3 is 2.22 bits per heavy atom. The lowest BCUT2D eigenvalue weighted by Crippen LogP contribution is -2.47. The Kier molecular flexibility index (Phi) is 5.40. The molecule has 2 aliphatic heterocycles. The van der Waals surface area contributed by atoms with Gasteiger partial charge in [-0.1, -0.05) is 12.1 Å². The Morgan fingerprint density at radius 1 is 1.19 bits per heavy atom. The minimum atomic E-state index is -4.76. The molecule has 2 fully saturated rings. The maximum Gasteiger partial charge on any atom is 0.573 e. The summed E-state index contributed by atoms with van der Waals surface area (Å²) in [5.74, 6) is -0.783. The number of hydrogen-bond acceptors (Lipinski definition) is 5. The van der Waals surface area contributed by atoms with Crippen LogP contribution in [0.4, 0.5) is 13.2 Å². The highest BCUT2D eigenvalue weighted by Gasteiger charge is 2.43. The van der Waals surface area contributed by atoms with Gasteiger partial charge in [0.15, 0.2) is 0 Å². The van der Waals surface area contributed by atoms with Gasteiger partial charge in [-0.3, -0.25) is 4.79 Å². The lowest BCUT2D eigenvalue weighted by atomic mass is 9.82. The van der Waals surface area contributed by atoms with Crippen molar-refractivity contribution in [1.82, 2.24) is 4.90 Å². The smallest absolute Gasteiger partial charge is 0.462 e. The number of alkyl halides is 3. The molecule has 150 valence electrons. The summed E-state index contributed by atoms with van der Waals surface area (Å²) in [6, 6.07) is 6.08. The van der Waals surface area contributed by atoms with Crippen LogP contribution >= 0.6 is 0 Å². The SMILES string of the molecule is CN1C2CCC1CC(OC(=O)[C@](C)(CN)c1ccc(OC(F)(F)F)cc1)C2. The van der Waals surface area contributed by atoms with Gasteiger partial charge in [0.05, 0.1) is 0 Å². The zero-order valence-corrected chi connectivity index (χ0v) is 15.5. The minimum absolute atomic E-state index is 0.00914. The molecule has 2 saturated heterocycles. The van der Waals surface area contributed by atoms with E-state index in [-0.39, 0.29) is 18.4 Å². The molecule has 2 unspecified atom stereocenters. The van der Waals surface area contributed by atoms with E-state index in [1.165, 1.54) is 24.3 Å². The van der Waals surface area contributed by atoms with Crippen molar-refractivity contribution in [3.05, 3.63) is 29.8 Å². The Labute approximate surface area is 156 Å². The monoisotopic (exact) mass is 386 g/mol. The number of carbonyl (C=O) groups excluding carboxylic acids is 1. The number of nitrogens with zero attached hydrogens (tertiary/aromatic N) is 1. The molecule has 8 heteroatoms. The van der Waals surface area contributed by atoms with Gasteiger partial charge >= 0.3 is 12.3 Å². The standard InChI is InChI=1S/C19H25F3N2O3/c1-18(11-23,12-3-7-15(8-4-12)27-19(20,21)22)17(25)26-16-9-13-5-6-14(10-16)24(13)2/h3-4,7-8,13-14,16H,5-6,9-11,23H2,1-2H3/t13?,14?,16?,18-/m1/s1. The highest BCUT2D eigenvalue weighted by atomic mass is 19.4. The molecule has 0 spiro atoms. The molecule has 0 aromatic heterocycles. The third-order valence-electron chi connectivity index (χ3n) is 5.91. The number of rotatable bonds is 5. The predicted octanol–water partition coefficient (Wildman–Crippen LogP) is 2.97. The number of carbonyl (C=O) groups is 1. The molecule has 27 heavy (non-hydrogen) atoms. The predicted molar refractivity (Wildman–Crippen MR) is 93.2 cm³/mol. The number of ether oxygens (including phenoxy) is 2. The molecule has 0 radical (unpaired) electrons. The molecule has 5 nitrogen and oxygen atoms in total. The van der Waals surface area contributed by atoms with Crippen LogP contribution in [0.15, 0.2) is 24.3 Å². The highest BCUT2D eigenvalue weighted by Crippen LogP contribution is 2.37. The van der Waals surface area contributed by atoms with Crippen molar-refractivity contribution in [2.75, 3.05) is 13.6 Å². The van der Waals surface area contributed by atoms with E-state index < -0.39 is 17.7 Å². The van der Waals surface area contributed by atoms with E-state index in [0.29, 0.717) is 17.6 Å². The van der Waals surface area contributed by atoms with Gasteiger partial charge in [-0.2, -0.15) is 0 Å². The van der Waals surface area contributed by atoms with Crippen LogP contribution in [0, 0.1) is 0 Å². The fourth-order valence-electron chi connectivity index (χ4n) is 4.08. The van der Waals surface area contributed by atoms with E-state index in [0.717, 1.165) is 25.7 Å². The summed E-state index contributed by atoms with van der Waals surface area (Å²) in [5, 5.41) is 0. The Hall–Kier alpha value is -1.80. The quantitative estimate of drug-likeness (QED) is 0.789. The number of fused-ring (bicyclic) bond motifs is 2. The molecule has 3 rings (SSSR count). The Morgan fingerprint density at radius 2 is 1.74 bits per heavy atom. The third kappa shape index (κ3) is 4.21. The average molecular weight is 386 g/mol. The maximum atomic E-state index is 12.9. The van der Waals surface area contributed by atoms with Crippen LogP contribution in [0.25, 0.3) is 0 Å². The van der Waals surface area contributed by atoms with Crippen LogP contribution < -0.4 is 10.5 Å². The fourth-order valence-corrected chi connectivity index (χ4v) is 4.08. The van der Waals surface area contributed by atoms with Gasteiger partial charge in [0.1, 0.15) is 17.3 Å². The van der Waals surface area contributed by atoms with Crippen molar-refractivity contribution in [3.8, 4) is 5.75 Å². The van der Waals surface area contributed by atoms with E-state index >= 15 is 0 Å². The van der Waals surface area contributed by atoms with E-state index in [1.54, 1.807) is 6.92 Å². The number of esters is 1. The Balaban J connectivity index is 1.69. The zero-order valence-electron chi connectivity index (χ0n) is 15.5. The van der Waals surface area contributed by atoms with Crippen molar-refractivity contribution < 1.29 is 27.4 Å².